The minimum absolute atomic E-state index is 0.563. The number of allylic oxidation sites excluding steroid dienone is 2. The van der Waals surface area contributed by atoms with Crippen LogP contribution in [0.5, 0.6) is 11.5 Å². The highest BCUT2D eigenvalue weighted by atomic mass is 16.5. The smallest absolute Gasteiger partial charge is 0.135 e. The summed E-state index contributed by atoms with van der Waals surface area (Å²) in [6.45, 7) is 9.55. The molecule has 0 aliphatic heterocycles. The maximum atomic E-state index is 6.34. The maximum Gasteiger partial charge on any atom is 0.135 e. The molecule has 0 fully saturated rings. The number of ether oxygens (including phenoxy) is 2. The van der Waals surface area contributed by atoms with E-state index < -0.39 is 0 Å². The first-order chi connectivity index (χ1) is 13.8. The molecule has 0 amide bonds. The molecule has 0 N–H and O–H groups in total. The summed E-state index contributed by atoms with van der Waals surface area (Å²) in [7, 11) is 0. The van der Waals surface area contributed by atoms with E-state index in [-0.39, 0.29) is 0 Å². The summed E-state index contributed by atoms with van der Waals surface area (Å²) in [5.74, 6) is 1.93. The molecule has 2 heteroatoms. The van der Waals surface area contributed by atoms with Gasteiger partial charge in [-0.1, -0.05) is 74.5 Å². The average molecular weight is 375 g/mol. The fourth-order valence-corrected chi connectivity index (χ4v) is 3.73. The van der Waals surface area contributed by atoms with Crippen LogP contribution in [-0.4, -0.2) is 13.2 Å². The Bertz CT molecular complexity index is 929. The van der Waals surface area contributed by atoms with Gasteiger partial charge in [0, 0.05) is 21.5 Å². The van der Waals surface area contributed by atoms with Gasteiger partial charge >= 0.3 is 0 Å². The monoisotopic (exact) mass is 374 g/mol. The molecule has 0 aromatic heterocycles. The predicted molar refractivity (Wildman–Crippen MR) is 121 cm³/mol. The molecule has 0 heterocycles. The van der Waals surface area contributed by atoms with Crippen molar-refractivity contribution in [2.75, 3.05) is 13.2 Å². The Hall–Kier alpha value is -2.74. The van der Waals surface area contributed by atoms with Gasteiger partial charge in [-0.3, -0.25) is 0 Å². The van der Waals surface area contributed by atoms with Gasteiger partial charge in [-0.15, -0.1) is 0 Å². The Kier molecular flexibility index (Phi) is 6.76. The zero-order chi connectivity index (χ0) is 19.9. The summed E-state index contributed by atoms with van der Waals surface area (Å²) >= 11 is 0. The number of fused-ring (bicyclic) bond motifs is 2. The van der Waals surface area contributed by atoms with E-state index in [4.69, 9.17) is 9.47 Å². The lowest BCUT2D eigenvalue weighted by Gasteiger charge is -2.20. The number of rotatable bonds is 8. The standard InChI is InChI=1S/C26H30O2/c1-5-9-17-27-25-21-15-11-14-20(8-4)24(21)26(28-18-10-6-2)22-16-12-13-19(7-3)23(22)25/h5-6,9-16H,7-8,17-18H2,1-4H3/b9-5+,10-6+. The van der Waals surface area contributed by atoms with Crippen LogP contribution in [0.25, 0.3) is 21.5 Å². The van der Waals surface area contributed by atoms with Gasteiger partial charge in [0.25, 0.3) is 0 Å². The van der Waals surface area contributed by atoms with Crippen molar-refractivity contribution in [2.45, 2.75) is 40.5 Å². The van der Waals surface area contributed by atoms with Gasteiger partial charge in [0.2, 0.25) is 0 Å². The molecule has 0 unspecified atom stereocenters. The lowest BCUT2D eigenvalue weighted by molar-refractivity contribution is 0.365. The molecule has 146 valence electrons. The molecule has 3 aromatic carbocycles. The molecule has 0 saturated heterocycles. The van der Waals surface area contributed by atoms with Gasteiger partial charge in [0.15, 0.2) is 0 Å². The third-order valence-corrected chi connectivity index (χ3v) is 5.13. The minimum Gasteiger partial charge on any atom is -0.488 e. The van der Waals surface area contributed by atoms with Crippen LogP contribution in [0.3, 0.4) is 0 Å². The van der Waals surface area contributed by atoms with Crippen molar-refractivity contribution in [3.63, 3.8) is 0 Å². The van der Waals surface area contributed by atoms with Crippen LogP contribution in [0, 0.1) is 0 Å². The van der Waals surface area contributed by atoms with Crippen LogP contribution in [0.15, 0.2) is 60.7 Å². The molecule has 0 aliphatic rings. The van der Waals surface area contributed by atoms with Crippen molar-refractivity contribution in [1.82, 2.24) is 0 Å². The zero-order valence-corrected chi connectivity index (χ0v) is 17.4. The Labute approximate surface area is 168 Å². The molecule has 0 spiro atoms. The highest BCUT2D eigenvalue weighted by Gasteiger charge is 2.19. The van der Waals surface area contributed by atoms with Crippen LogP contribution < -0.4 is 9.47 Å². The Balaban J connectivity index is 2.42. The molecule has 0 saturated carbocycles. The SMILES string of the molecule is C/C=C/COc1c2cccc(CC)c2c(OC/C=C/C)c2cccc(CC)c12. The molecule has 3 aromatic rings. The molecule has 3 rings (SSSR count). The largest absolute Gasteiger partial charge is 0.488 e. The van der Waals surface area contributed by atoms with E-state index in [2.05, 4.69) is 50.2 Å². The summed E-state index contributed by atoms with van der Waals surface area (Å²) in [6.07, 6.45) is 10.0. The Morgan fingerprint density at radius 3 is 1.46 bits per heavy atom. The van der Waals surface area contributed by atoms with E-state index in [1.165, 1.54) is 21.9 Å². The van der Waals surface area contributed by atoms with Crippen LogP contribution in [0.2, 0.25) is 0 Å². The van der Waals surface area contributed by atoms with E-state index in [1.54, 1.807) is 0 Å². The van der Waals surface area contributed by atoms with Crippen molar-refractivity contribution in [3.8, 4) is 11.5 Å². The summed E-state index contributed by atoms with van der Waals surface area (Å²) in [5, 5.41) is 4.61. The molecule has 0 bridgehead atoms. The van der Waals surface area contributed by atoms with Crippen molar-refractivity contribution in [2.24, 2.45) is 0 Å². The summed E-state index contributed by atoms with van der Waals surface area (Å²) in [6, 6.07) is 13.0. The van der Waals surface area contributed by atoms with Crippen molar-refractivity contribution < 1.29 is 9.47 Å². The highest BCUT2D eigenvalue weighted by Crippen LogP contribution is 2.45. The number of aryl methyl sites for hydroxylation is 2. The quantitative estimate of drug-likeness (QED) is 0.311. The summed E-state index contributed by atoms with van der Waals surface area (Å²) in [4.78, 5) is 0. The lowest BCUT2D eigenvalue weighted by Crippen LogP contribution is -2.02. The van der Waals surface area contributed by atoms with Crippen LogP contribution in [0.4, 0.5) is 0 Å². The van der Waals surface area contributed by atoms with Gasteiger partial charge < -0.3 is 9.47 Å². The molecular formula is C26H30O2. The van der Waals surface area contributed by atoms with Crippen molar-refractivity contribution >= 4 is 21.5 Å². The van der Waals surface area contributed by atoms with Gasteiger partial charge in [-0.05, 0) is 37.8 Å². The third kappa shape index (κ3) is 3.77. The second-order valence-corrected chi connectivity index (χ2v) is 6.80. The third-order valence-electron chi connectivity index (χ3n) is 5.13. The van der Waals surface area contributed by atoms with Gasteiger partial charge in [0.05, 0.1) is 0 Å². The fourth-order valence-electron chi connectivity index (χ4n) is 3.73. The summed E-state index contributed by atoms with van der Waals surface area (Å²) in [5.41, 5.74) is 2.57. The second-order valence-electron chi connectivity index (χ2n) is 6.80. The predicted octanol–water partition coefficient (Wildman–Crippen LogP) is 7.03. The Morgan fingerprint density at radius 2 is 1.11 bits per heavy atom. The average Bonchev–Trinajstić information content (AvgIpc) is 2.74. The molecule has 0 atom stereocenters. The molecule has 0 radical (unpaired) electrons. The number of benzene rings is 3. The maximum absolute atomic E-state index is 6.34. The van der Waals surface area contributed by atoms with Crippen LogP contribution in [-0.2, 0) is 12.8 Å². The van der Waals surface area contributed by atoms with Gasteiger partial charge in [0.1, 0.15) is 24.7 Å². The van der Waals surface area contributed by atoms with Crippen molar-refractivity contribution in [3.05, 3.63) is 71.8 Å². The van der Waals surface area contributed by atoms with E-state index in [0.29, 0.717) is 13.2 Å². The number of hydrogen-bond donors (Lipinski definition) is 0. The Morgan fingerprint density at radius 1 is 0.679 bits per heavy atom. The van der Waals surface area contributed by atoms with Crippen molar-refractivity contribution in [1.29, 1.82) is 0 Å². The molecule has 28 heavy (non-hydrogen) atoms. The van der Waals surface area contributed by atoms with Gasteiger partial charge in [-0.25, -0.2) is 0 Å². The van der Waals surface area contributed by atoms with Gasteiger partial charge in [-0.2, -0.15) is 0 Å². The normalized spacial score (nSPS) is 11.9. The highest BCUT2D eigenvalue weighted by molar-refractivity contribution is 6.13. The summed E-state index contributed by atoms with van der Waals surface area (Å²) < 4.78 is 12.7. The van der Waals surface area contributed by atoms with E-state index in [1.807, 2.05) is 38.2 Å². The first kappa shape index (κ1) is 20.0. The molecular weight excluding hydrogens is 344 g/mol. The van der Waals surface area contributed by atoms with Crippen LogP contribution in [0.1, 0.15) is 38.8 Å². The topological polar surface area (TPSA) is 18.5 Å². The van der Waals surface area contributed by atoms with E-state index in [9.17, 15) is 0 Å². The first-order valence-corrected chi connectivity index (χ1v) is 10.2. The lowest BCUT2D eigenvalue weighted by atomic mass is 9.93. The van der Waals surface area contributed by atoms with Crippen LogP contribution >= 0.6 is 0 Å². The second kappa shape index (κ2) is 9.45. The molecule has 2 nitrogen and oxygen atoms in total. The zero-order valence-electron chi connectivity index (χ0n) is 17.4. The number of hydrogen-bond acceptors (Lipinski definition) is 2. The van der Waals surface area contributed by atoms with E-state index in [0.717, 1.165) is 35.1 Å². The van der Waals surface area contributed by atoms with E-state index >= 15 is 0 Å². The fraction of sp³-hybridized carbons (Fsp3) is 0.308. The minimum atomic E-state index is 0.563. The molecule has 0 aliphatic carbocycles. The first-order valence-electron chi connectivity index (χ1n) is 10.2.